The van der Waals surface area contributed by atoms with Gasteiger partial charge in [0, 0.05) is 0 Å². The van der Waals surface area contributed by atoms with Gasteiger partial charge in [-0.3, -0.25) is 0 Å². The molecule has 1 aliphatic heterocycles. The number of ether oxygens (including phenoxy) is 1. The summed E-state index contributed by atoms with van der Waals surface area (Å²) in [6.07, 6.45) is 9.58. The zero-order chi connectivity index (χ0) is 9.57. The Morgan fingerprint density at radius 1 is 1.23 bits per heavy atom. The van der Waals surface area contributed by atoms with Crippen LogP contribution in [0.1, 0.15) is 51.9 Å². The lowest BCUT2D eigenvalue weighted by atomic mass is 10.0. The molecular formula is C11H20O2. The first-order valence-corrected chi connectivity index (χ1v) is 5.43. The molecule has 0 aromatic carbocycles. The Balaban J connectivity index is 1.87. The van der Waals surface area contributed by atoms with E-state index in [1.54, 1.807) is 0 Å². The van der Waals surface area contributed by atoms with Crippen LogP contribution >= 0.6 is 0 Å². The summed E-state index contributed by atoms with van der Waals surface area (Å²) in [5.41, 5.74) is -0.343. The van der Waals surface area contributed by atoms with Crippen molar-refractivity contribution in [3.63, 3.8) is 0 Å². The molecule has 1 aliphatic rings. The van der Waals surface area contributed by atoms with Crippen LogP contribution in [0.3, 0.4) is 0 Å². The fourth-order valence-electron chi connectivity index (χ4n) is 1.57. The molecule has 0 aromatic heterocycles. The third kappa shape index (κ3) is 3.90. The van der Waals surface area contributed by atoms with Gasteiger partial charge < -0.3 is 9.53 Å². The van der Waals surface area contributed by atoms with Crippen molar-refractivity contribution in [3.05, 3.63) is 0 Å². The molecule has 0 saturated carbocycles. The summed E-state index contributed by atoms with van der Waals surface area (Å²) < 4.78 is 5.10. The highest BCUT2D eigenvalue weighted by molar-refractivity contribution is 5.66. The second-order valence-corrected chi connectivity index (χ2v) is 3.99. The van der Waals surface area contributed by atoms with Crippen molar-refractivity contribution in [2.75, 3.05) is 6.61 Å². The van der Waals surface area contributed by atoms with Crippen molar-refractivity contribution in [3.8, 4) is 0 Å². The van der Waals surface area contributed by atoms with Crippen LogP contribution < -0.4 is 0 Å². The van der Waals surface area contributed by atoms with Crippen molar-refractivity contribution in [1.29, 1.82) is 0 Å². The number of rotatable bonds is 8. The van der Waals surface area contributed by atoms with Crippen LogP contribution in [0.2, 0.25) is 0 Å². The molecule has 0 radical (unpaired) electrons. The molecule has 2 nitrogen and oxygen atoms in total. The number of unbranched alkanes of at least 4 members (excludes halogenated alkanes) is 5. The maximum atomic E-state index is 10.5. The molecule has 0 spiro atoms. The smallest absolute Gasteiger partial charge is 0.154 e. The van der Waals surface area contributed by atoms with Gasteiger partial charge in [-0.1, -0.05) is 45.4 Å². The normalized spacial score (nSPS) is 25.9. The third-order valence-corrected chi connectivity index (χ3v) is 2.68. The summed E-state index contributed by atoms with van der Waals surface area (Å²) in [6.45, 7) is 2.88. The first kappa shape index (κ1) is 10.7. The molecule has 0 aliphatic carbocycles. The van der Waals surface area contributed by atoms with Crippen LogP contribution in [0.5, 0.6) is 0 Å². The molecular weight excluding hydrogens is 164 g/mol. The molecule has 0 unspecified atom stereocenters. The van der Waals surface area contributed by atoms with Gasteiger partial charge in [-0.05, 0) is 6.42 Å². The predicted molar refractivity (Wildman–Crippen MR) is 52.7 cm³/mol. The molecule has 2 heteroatoms. The minimum atomic E-state index is -0.343. The summed E-state index contributed by atoms with van der Waals surface area (Å²) in [5, 5.41) is 0. The third-order valence-electron chi connectivity index (χ3n) is 2.68. The fraction of sp³-hybridized carbons (Fsp3) is 0.909. The minimum Gasteiger partial charge on any atom is -0.362 e. The van der Waals surface area contributed by atoms with Crippen molar-refractivity contribution in [2.45, 2.75) is 57.5 Å². The zero-order valence-corrected chi connectivity index (χ0v) is 8.55. The Morgan fingerprint density at radius 3 is 2.38 bits per heavy atom. The van der Waals surface area contributed by atoms with E-state index in [9.17, 15) is 4.79 Å². The van der Waals surface area contributed by atoms with Crippen molar-refractivity contribution in [1.82, 2.24) is 0 Å². The van der Waals surface area contributed by atoms with E-state index in [0.29, 0.717) is 6.61 Å². The summed E-state index contributed by atoms with van der Waals surface area (Å²) >= 11 is 0. The molecule has 1 rings (SSSR count). The first-order chi connectivity index (χ1) is 6.33. The molecule has 76 valence electrons. The second kappa shape index (κ2) is 5.38. The van der Waals surface area contributed by atoms with E-state index in [0.717, 1.165) is 19.1 Å². The first-order valence-electron chi connectivity index (χ1n) is 5.43. The van der Waals surface area contributed by atoms with Crippen LogP contribution in [0.25, 0.3) is 0 Å². The predicted octanol–water partition coefficient (Wildman–Crippen LogP) is 2.70. The Morgan fingerprint density at radius 2 is 1.85 bits per heavy atom. The average molecular weight is 184 g/mol. The summed E-state index contributed by atoms with van der Waals surface area (Å²) in [5.74, 6) is 0. The van der Waals surface area contributed by atoms with E-state index in [1.807, 2.05) is 0 Å². The number of carbonyl (C=O) groups excluding carboxylic acids is 1. The van der Waals surface area contributed by atoms with Crippen LogP contribution in [-0.4, -0.2) is 18.5 Å². The number of carbonyl (C=O) groups is 1. The number of hydrogen-bond acceptors (Lipinski definition) is 2. The average Bonchev–Trinajstić information content (AvgIpc) is 2.92. The summed E-state index contributed by atoms with van der Waals surface area (Å²) in [6, 6.07) is 0. The highest BCUT2D eigenvalue weighted by Gasteiger charge is 2.43. The molecule has 13 heavy (non-hydrogen) atoms. The molecule has 0 N–H and O–H groups in total. The topological polar surface area (TPSA) is 29.6 Å². The molecule has 1 heterocycles. The van der Waals surface area contributed by atoms with Gasteiger partial charge in [0.25, 0.3) is 0 Å². The van der Waals surface area contributed by atoms with Gasteiger partial charge in [-0.2, -0.15) is 0 Å². The fourth-order valence-corrected chi connectivity index (χ4v) is 1.57. The van der Waals surface area contributed by atoms with Gasteiger partial charge in [-0.25, -0.2) is 0 Å². The van der Waals surface area contributed by atoms with E-state index >= 15 is 0 Å². The summed E-state index contributed by atoms with van der Waals surface area (Å²) in [7, 11) is 0. The maximum absolute atomic E-state index is 10.5. The maximum Gasteiger partial charge on any atom is 0.154 e. The van der Waals surface area contributed by atoms with E-state index in [1.165, 1.54) is 32.1 Å². The number of aldehydes is 1. The molecule has 0 aromatic rings. The highest BCUT2D eigenvalue weighted by Crippen LogP contribution is 2.30. The van der Waals surface area contributed by atoms with Gasteiger partial charge in [0.15, 0.2) is 6.29 Å². The van der Waals surface area contributed by atoms with Gasteiger partial charge in [-0.15, -0.1) is 0 Å². The number of hydrogen-bond donors (Lipinski definition) is 0. The van der Waals surface area contributed by atoms with Gasteiger partial charge >= 0.3 is 0 Å². The molecule has 1 fully saturated rings. The standard InChI is InChI=1S/C11H20O2/c1-2-3-4-5-6-7-8-11(9-12)10-13-11/h9H,2-8,10H2,1H3/t11-/m1/s1. The lowest BCUT2D eigenvalue weighted by Crippen LogP contribution is -2.11. The second-order valence-electron chi connectivity index (χ2n) is 3.99. The zero-order valence-electron chi connectivity index (χ0n) is 8.55. The number of epoxide rings is 1. The van der Waals surface area contributed by atoms with Crippen molar-refractivity contribution >= 4 is 6.29 Å². The lowest BCUT2D eigenvalue weighted by Gasteiger charge is -2.02. The molecule has 1 saturated heterocycles. The largest absolute Gasteiger partial charge is 0.362 e. The van der Waals surface area contributed by atoms with E-state index in [4.69, 9.17) is 4.74 Å². The van der Waals surface area contributed by atoms with Gasteiger partial charge in [0.05, 0.1) is 6.61 Å². The quantitative estimate of drug-likeness (QED) is 0.330. The van der Waals surface area contributed by atoms with Gasteiger partial charge in [0.1, 0.15) is 5.60 Å². The molecule has 0 bridgehead atoms. The van der Waals surface area contributed by atoms with Gasteiger partial charge in [0.2, 0.25) is 0 Å². The van der Waals surface area contributed by atoms with E-state index < -0.39 is 0 Å². The molecule has 1 atom stereocenters. The Hall–Kier alpha value is -0.370. The monoisotopic (exact) mass is 184 g/mol. The Kier molecular flexibility index (Phi) is 4.43. The SMILES string of the molecule is CCCCCCCC[C@@]1(C=O)CO1. The van der Waals surface area contributed by atoms with Crippen LogP contribution in [0.15, 0.2) is 0 Å². The van der Waals surface area contributed by atoms with Crippen molar-refractivity contribution in [2.24, 2.45) is 0 Å². The van der Waals surface area contributed by atoms with E-state index in [2.05, 4.69) is 6.92 Å². The van der Waals surface area contributed by atoms with Crippen molar-refractivity contribution < 1.29 is 9.53 Å². The van der Waals surface area contributed by atoms with Crippen LogP contribution in [-0.2, 0) is 9.53 Å². The molecule has 0 amide bonds. The Bertz CT molecular complexity index is 150. The van der Waals surface area contributed by atoms with Crippen LogP contribution in [0, 0.1) is 0 Å². The minimum absolute atomic E-state index is 0.343. The lowest BCUT2D eigenvalue weighted by molar-refractivity contribution is -0.112. The summed E-state index contributed by atoms with van der Waals surface area (Å²) in [4.78, 5) is 10.5. The van der Waals surface area contributed by atoms with Crippen LogP contribution in [0.4, 0.5) is 0 Å². The highest BCUT2D eigenvalue weighted by atomic mass is 16.6. The van der Waals surface area contributed by atoms with E-state index in [-0.39, 0.29) is 5.60 Å². The Labute approximate surface area is 80.7 Å².